The number of esters is 1. The van der Waals surface area contributed by atoms with E-state index >= 15 is 0 Å². The molecular formula is C29H35N5O3S. The summed E-state index contributed by atoms with van der Waals surface area (Å²) in [5.74, 6) is -0.338. The lowest BCUT2D eigenvalue weighted by Gasteiger charge is -2.30. The first-order valence-corrected chi connectivity index (χ1v) is 13.5. The van der Waals surface area contributed by atoms with Crippen molar-refractivity contribution in [3.05, 3.63) is 82.9 Å². The zero-order valence-corrected chi connectivity index (χ0v) is 23.0. The first kappa shape index (κ1) is 26.3. The molecule has 38 heavy (non-hydrogen) atoms. The fourth-order valence-corrected chi connectivity index (χ4v) is 5.95. The molecule has 3 aromatic rings. The molecule has 2 aliphatic heterocycles. The number of carbonyl (C=O) groups excluding carboxylic acids is 1. The molecule has 2 aromatic heterocycles. The lowest BCUT2D eigenvalue weighted by Crippen LogP contribution is -2.39. The fourth-order valence-electron chi connectivity index (χ4n) is 5.62. The summed E-state index contributed by atoms with van der Waals surface area (Å²) in [6, 6.07) is 15.8. The average Bonchev–Trinajstić information content (AvgIpc) is 3.43. The van der Waals surface area contributed by atoms with Gasteiger partial charge in [-0.15, -0.1) is 0 Å². The smallest absolute Gasteiger partial charge is 0.337 e. The molecule has 0 bridgehead atoms. The Labute approximate surface area is 229 Å². The summed E-state index contributed by atoms with van der Waals surface area (Å²) in [6.45, 7) is 9.73. The van der Waals surface area contributed by atoms with Gasteiger partial charge in [-0.05, 0) is 80.5 Å². The van der Waals surface area contributed by atoms with Crippen molar-refractivity contribution >= 4 is 23.3 Å². The van der Waals surface area contributed by atoms with Crippen molar-refractivity contribution < 1.29 is 14.3 Å². The molecule has 9 heteroatoms. The Morgan fingerprint density at radius 1 is 1.13 bits per heavy atom. The summed E-state index contributed by atoms with van der Waals surface area (Å²) >= 11 is 5.89. The number of morpholine rings is 1. The van der Waals surface area contributed by atoms with Gasteiger partial charge in [-0.25, -0.2) is 4.79 Å². The van der Waals surface area contributed by atoms with Crippen LogP contribution in [-0.2, 0) is 9.47 Å². The SMILES string of the molecule is COC(=O)c1ccc(-n2c(C)cc([C@@H]3[C@@H](c4ccccn4)NC(=S)N3CCCN3CCOCC3)c2C)cc1. The topological polar surface area (TPSA) is 71.9 Å². The highest BCUT2D eigenvalue weighted by atomic mass is 32.1. The Hall–Kier alpha value is -3.27. The van der Waals surface area contributed by atoms with Crippen molar-refractivity contribution in [2.45, 2.75) is 32.4 Å². The monoisotopic (exact) mass is 533 g/mol. The van der Waals surface area contributed by atoms with Gasteiger partial charge in [0.1, 0.15) is 0 Å². The Kier molecular flexibility index (Phi) is 8.06. The molecule has 2 aliphatic rings. The Bertz CT molecular complexity index is 1270. The van der Waals surface area contributed by atoms with Crippen LogP contribution in [0.1, 0.15) is 51.5 Å². The van der Waals surface area contributed by atoms with E-state index < -0.39 is 0 Å². The number of aromatic nitrogens is 2. The number of benzene rings is 1. The molecule has 0 radical (unpaired) electrons. The van der Waals surface area contributed by atoms with Gasteiger partial charge >= 0.3 is 5.97 Å². The maximum absolute atomic E-state index is 11.9. The number of aryl methyl sites for hydroxylation is 1. The van der Waals surface area contributed by atoms with Crippen LogP contribution in [0.3, 0.4) is 0 Å². The molecule has 8 nitrogen and oxygen atoms in total. The molecule has 2 fully saturated rings. The zero-order chi connectivity index (χ0) is 26.6. The Morgan fingerprint density at radius 3 is 2.58 bits per heavy atom. The van der Waals surface area contributed by atoms with E-state index in [1.165, 1.54) is 12.7 Å². The van der Waals surface area contributed by atoms with Gasteiger partial charge < -0.3 is 24.3 Å². The lowest BCUT2D eigenvalue weighted by molar-refractivity contribution is 0.0365. The predicted octanol–water partition coefficient (Wildman–Crippen LogP) is 3.97. The molecular weight excluding hydrogens is 498 g/mol. The van der Waals surface area contributed by atoms with Crippen LogP contribution in [0.4, 0.5) is 0 Å². The van der Waals surface area contributed by atoms with E-state index in [1.54, 1.807) is 12.1 Å². The third-order valence-electron chi connectivity index (χ3n) is 7.51. The van der Waals surface area contributed by atoms with Crippen LogP contribution in [0, 0.1) is 13.8 Å². The zero-order valence-electron chi connectivity index (χ0n) is 22.2. The standard InChI is InChI=1S/C29H35N5O3S/c1-20-19-24(21(2)34(20)23-10-8-22(9-11-23)28(35)36-3)27-26(25-7-4-5-12-30-25)31-29(38)33(27)14-6-13-32-15-17-37-18-16-32/h4-5,7-12,19,26-27H,6,13-18H2,1-3H3,(H,31,38)/t26-,27-/m1/s1. The van der Waals surface area contributed by atoms with Gasteiger partial charge in [-0.1, -0.05) is 6.07 Å². The predicted molar refractivity (Wildman–Crippen MR) is 151 cm³/mol. The largest absolute Gasteiger partial charge is 0.465 e. The minimum absolute atomic E-state index is 0.0105. The highest BCUT2D eigenvalue weighted by Gasteiger charge is 2.41. The first-order valence-electron chi connectivity index (χ1n) is 13.1. The minimum Gasteiger partial charge on any atom is -0.465 e. The summed E-state index contributed by atoms with van der Waals surface area (Å²) in [5, 5.41) is 4.34. The van der Waals surface area contributed by atoms with Gasteiger partial charge in [0.05, 0.1) is 43.7 Å². The van der Waals surface area contributed by atoms with E-state index in [4.69, 9.17) is 21.7 Å². The van der Waals surface area contributed by atoms with Gasteiger partial charge in [0.15, 0.2) is 5.11 Å². The number of hydrogen-bond acceptors (Lipinski definition) is 6. The van der Waals surface area contributed by atoms with Gasteiger partial charge in [-0.3, -0.25) is 9.88 Å². The Morgan fingerprint density at radius 2 is 1.89 bits per heavy atom. The molecule has 1 aromatic carbocycles. The van der Waals surface area contributed by atoms with E-state index in [-0.39, 0.29) is 18.1 Å². The van der Waals surface area contributed by atoms with Crippen LogP contribution >= 0.6 is 12.2 Å². The van der Waals surface area contributed by atoms with E-state index in [9.17, 15) is 4.79 Å². The highest BCUT2D eigenvalue weighted by Crippen LogP contribution is 2.41. The Balaban J connectivity index is 1.46. The van der Waals surface area contributed by atoms with E-state index in [1.807, 2.05) is 30.5 Å². The number of methoxy groups -OCH3 is 1. The maximum Gasteiger partial charge on any atom is 0.337 e. The second-order valence-electron chi connectivity index (χ2n) is 9.83. The summed E-state index contributed by atoms with van der Waals surface area (Å²) in [6.07, 6.45) is 2.85. The quantitative estimate of drug-likeness (QED) is 0.345. The van der Waals surface area contributed by atoms with E-state index in [2.05, 4.69) is 50.6 Å². The normalized spacial score (nSPS) is 20.0. The van der Waals surface area contributed by atoms with Gasteiger partial charge in [0.2, 0.25) is 0 Å². The molecule has 2 saturated heterocycles. The molecule has 200 valence electrons. The molecule has 4 heterocycles. The second kappa shape index (κ2) is 11.6. The van der Waals surface area contributed by atoms with Crippen LogP contribution < -0.4 is 5.32 Å². The number of pyridine rings is 1. The van der Waals surface area contributed by atoms with E-state index in [0.717, 1.165) is 73.7 Å². The number of nitrogens with one attached hydrogen (secondary N) is 1. The van der Waals surface area contributed by atoms with Gasteiger partial charge in [-0.2, -0.15) is 0 Å². The van der Waals surface area contributed by atoms with Crippen molar-refractivity contribution in [3.63, 3.8) is 0 Å². The number of nitrogens with zero attached hydrogens (tertiary/aromatic N) is 4. The molecule has 0 spiro atoms. The van der Waals surface area contributed by atoms with Crippen molar-refractivity contribution in [1.29, 1.82) is 0 Å². The number of carbonyl (C=O) groups is 1. The van der Waals surface area contributed by atoms with Crippen LogP contribution in [0.25, 0.3) is 5.69 Å². The van der Waals surface area contributed by atoms with Crippen LogP contribution in [-0.4, -0.2) is 76.9 Å². The number of hydrogen-bond donors (Lipinski definition) is 1. The molecule has 0 amide bonds. The average molecular weight is 534 g/mol. The summed E-state index contributed by atoms with van der Waals surface area (Å²) < 4.78 is 12.6. The van der Waals surface area contributed by atoms with E-state index in [0.29, 0.717) is 5.56 Å². The molecule has 2 atom stereocenters. The fraction of sp³-hybridized carbons (Fsp3) is 0.414. The summed E-state index contributed by atoms with van der Waals surface area (Å²) in [4.78, 5) is 21.4. The van der Waals surface area contributed by atoms with Crippen molar-refractivity contribution in [1.82, 2.24) is 24.7 Å². The maximum atomic E-state index is 11.9. The number of rotatable bonds is 8. The highest BCUT2D eigenvalue weighted by molar-refractivity contribution is 7.80. The molecule has 0 aliphatic carbocycles. The first-order chi connectivity index (χ1) is 18.5. The number of ether oxygens (including phenoxy) is 2. The number of thiocarbonyl (C=S) groups is 1. The van der Waals surface area contributed by atoms with Crippen LogP contribution in [0.5, 0.6) is 0 Å². The molecule has 5 rings (SSSR count). The van der Waals surface area contributed by atoms with Crippen molar-refractivity contribution in [3.8, 4) is 5.69 Å². The molecule has 0 saturated carbocycles. The summed E-state index contributed by atoms with van der Waals surface area (Å²) in [5.41, 5.74) is 5.99. The molecule has 0 unspecified atom stereocenters. The van der Waals surface area contributed by atoms with Crippen LogP contribution in [0.15, 0.2) is 54.7 Å². The van der Waals surface area contributed by atoms with Crippen molar-refractivity contribution in [2.24, 2.45) is 0 Å². The second-order valence-corrected chi connectivity index (χ2v) is 10.2. The van der Waals surface area contributed by atoms with Gasteiger partial charge in [0.25, 0.3) is 0 Å². The third kappa shape index (κ3) is 5.32. The summed E-state index contributed by atoms with van der Waals surface area (Å²) in [7, 11) is 1.40. The van der Waals surface area contributed by atoms with Gasteiger partial charge in [0, 0.05) is 49.5 Å². The van der Waals surface area contributed by atoms with Crippen molar-refractivity contribution in [2.75, 3.05) is 46.5 Å². The minimum atomic E-state index is -0.338. The van der Waals surface area contributed by atoms with Crippen LogP contribution in [0.2, 0.25) is 0 Å². The lowest BCUT2D eigenvalue weighted by atomic mass is 9.96. The molecule has 1 N–H and O–H groups in total. The third-order valence-corrected chi connectivity index (χ3v) is 7.86.